The molecule has 0 aliphatic heterocycles. The molecule has 0 radical (unpaired) electrons. The van der Waals surface area contributed by atoms with Crippen LogP contribution in [0.3, 0.4) is 0 Å². The number of carboxylic acids is 1. The topological polar surface area (TPSA) is 100 Å². The zero-order valence-electron chi connectivity index (χ0n) is 12.6. The summed E-state index contributed by atoms with van der Waals surface area (Å²) in [5.41, 5.74) is 4.28. The third kappa shape index (κ3) is 3.91. The zero-order chi connectivity index (χ0) is 16.8. The number of aromatic carboxylic acids is 1. The number of benzene rings is 2. The fourth-order valence-electron chi connectivity index (χ4n) is 1.86. The molecule has 7 nitrogen and oxygen atoms in total. The van der Waals surface area contributed by atoms with Gasteiger partial charge in [-0.3, -0.25) is 5.43 Å². The first-order valence-corrected chi connectivity index (χ1v) is 6.62. The number of hydrogen-bond donors (Lipinski definition) is 3. The van der Waals surface area contributed by atoms with Gasteiger partial charge in [-0.2, -0.15) is 5.10 Å². The molecule has 23 heavy (non-hydrogen) atoms. The summed E-state index contributed by atoms with van der Waals surface area (Å²) in [6.07, 6.45) is 1.52. The maximum atomic E-state index is 10.8. The fraction of sp³-hybridized carbons (Fsp3) is 0.125. The standard InChI is InChI=1S/C16H16N2O5/c1-22-13-7-10(8-14(23-2)15(13)19)9-17-18-12-5-3-11(4-6-12)16(20)21/h3-9,18-19H,1-2H3,(H,20,21)/b17-9+. The molecule has 2 aromatic rings. The average molecular weight is 316 g/mol. The van der Waals surface area contributed by atoms with Crippen LogP contribution in [0.2, 0.25) is 0 Å². The predicted molar refractivity (Wildman–Crippen MR) is 85.8 cm³/mol. The average Bonchev–Trinajstić information content (AvgIpc) is 2.56. The molecule has 0 aliphatic rings. The third-order valence-corrected chi connectivity index (χ3v) is 3.04. The smallest absolute Gasteiger partial charge is 0.335 e. The number of hydrogen-bond acceptors (Lipinski definition) is 6. The predicted octanol–water partition coefficient (Wildman–Crippen LogP) is 2.55. The van der Waals surface area contributed by atoms with Crippen molar-refractivity contribution in [3.8, 4) is 17.2 Å². The van der Waals surface area contributed by atoms with Crippen molar-refractivity contribution in [3.63, 3.8) is 0 Å². The fourth-order valence-corrected chi connectivity index (χ4v) is 1.86. The molecule has 0 atom stereocenters. The molecule has 3 N–H and O–H groups in total. The summed E-state index contributed by atoms with van der Waals surface area (Å²) in [6, 6.07) is 9.39. The van der Waals surface area contributed by atoms with Gasteiger partial charge in [0.1, 0.15) is 0 Å². The number of anilines is 1. The van der Waals surface area contributed by atoms with Crippen LogP contribution in [0.15, 0.2) is 41.5 Å². The van der Waals surface area contributed by atoms with Crippen molar-refractivity contribution in [2.24, 2.45) is 5.10 Å². The number of phenols is 1. The Bertz CT molecular complexity index is 701. The Labute approximate surface area is 132 Å². The van der Waals surface area contributed by atoms with Gasteiger partial charge in [0.25, 0.3) is 0 Å². The Balaban J connectivity index is 2.12. The van der Waals surface area contributed by atoms with Crippen LogP contribution in [-0.2, 0) is 0 Å². The van der Waals surface area contributed by atoms with Gasteiger partial charge in [-0.1, -0.05) is 0 Å². The lowest BCUT2D eigenvalue weighted by Crippen LogP contribution is -1.97. The van der Waals surface area contributed by atoms with Gasteiger partial charge in [-0.05, 0) is 36.4 Å². The molecule has 0 bridgehead atoms. The van der Waals surface area contributed by atoms with Crippen LogP contribution in [0.4, 0.5) is 5.69 Å². The number of carboxylic acid groups (broad SMARTS) is 1. The molecular weight excluding hydrogens is 300 g/mol. The summed E-state index contributed by atoms with van der Waals surface area (Å²) in [6.45, 7) is 0. The Hall–Kier alpha value is -3.22. The summed E-state index contributed by atoms with van der Waals surface area (Å²) in [5.74, 6) is -0.513. The number of nitrogens with one attached hydrogen (secondary N) is 1. The number of rotatable bonds is 6. The molecule has 0 heterocycles. The first kappa shape index (κ1) is 16.2. The number of ether oxygens (including phenoxy) is 2. The van der Waals surface area contributed by atoms with E-state index in [2.05, 4.69) is 10.5 Å². The molecule has 0 fully saturated rings. The third-order valence-electron chi connectivity index (χ3n) is 3.04. The molecule has 120 valence electrons. The van der Waals surface area contributed by atoms with E-state index in [9.17, 15) is 9.90 Å². The van der Waals surface area contributed by atoms with Crippen LogP contribution in [-0.4, -0.2) is 36.6 Å². The van der Waals surface area contributed by atoms with Crippen molar-refractivity contribution < 1.29 is 24.5 Å². The first-order valence-electron chi connectivity index (χ1n) is 6.62. The molecule has 0 unspecified atom stereocenters. The van der Waals surface area contributed by atoms with Crippen LogP contribution >= 0.6 is 0 Å². The van der Waals surface area contributed by atoms with E-state index in [1.165, 1.54) is 32.6 Å². The van der Waals surface area contributed by atoms with Crippen LogP contribution in [0.1, 0.15) is 15.9 Å². The van der Waals surface area contributed by atoms with Crippen LogP contribution in [0, 0.1) is 0 Å². The van der Waals surface area contributed by atoms with Gasteiger partial charge in [0.15, 0.2) is 11.5 Å². The number of aromatic hydroxyl groups is 1. The van der Waals surface area contributed by atoms with Gasteiger partial charge >= 0.3 is 5.97 Å². The lowest BCUT2D eigenvalue weighted by atomic mass is 10.2. The molecular formula is C16H16N2O5. The summed E-state index contributed by atoms with van der Waals surface area (Å²) < 4.78 is 10.1. The van der Waals surface area contributed by atoms with Crippen molar-refractivity contribution in [2.75, 3.05) is 19.6 Å². The number of carbonyl (C=O) groups is 1. The highest BCUT2D eigenvalue weighted by Crippen LogP contribution is 2.36. The minimum absolute atomic E-state index is 0.0793. The van der Waals surface area contributed by atoms with Gasteiger partial charge in [-0.25, -0.2) is 4.79 Å². The Kier molecular flexibility index (Phi) is 5.03. The van der Waals surface area contributed by atoms with Gasteiger partial charge in [0, 0.05) is 5.56 Å². The van der Waals surface area contributed by atoms with Gasteiger partial charge in [0.05, 0.1) is 31.7 Å². The van der Waals surface area contributed by atoms with Gasteiger partial charge in [-0.15, -0.1) is 0 Å². The molecule has 0 aromatic heterocycles. The second-order valence-corrected chi connectivity index (χ2v) is 4.53. The van der Waals surface area contributed by atoms with E-state index in [1.54, 1.807) is 24.3 Å². The second-order valence-electron chi connectivity index (χ2n) is 4.53. The molecule has 2 rings (SSSR count). The lowest BCUT2D eigenvalue weighted by Gasteiger charge is -2.09. The SMILES string of the molecule is COc1cc(/C=N/Nc2ccc(C(=O)O)cc2)cc(OC)c1O. The quantitative estimate of drug-likeness (QED) is 0.559. The van der Waals surface area contributed by atoms with E-state index >= 15 is 0 Å². The maximum Gasteiger partial charge on any atom is 0.335 e. The monoisotopic (exact) mass is 316 g/mol. The largest absolute Gasteiger partial charge is 0.502 e. The summed E-state index contributed by atoms with van der Waals surface area (Å²) >= 11 is 0. The van der Waals surface area contributed by atoms with Gasteiger partial charge in [0.2, 0.25) is 5.75 Å². The molecule has 0 saturated heterocycles. The molecule has 7 heteroatoms. The number of nitrogens with zero attached hydrogens (tertiary/aromatic N) is 1. The van der Waals surface area contributed by atoms with Crippen molar-refractivity contribution in [1.29, 1.82) is 0 Å². The Morgan fingerprint density at radius 3 is 2.17 bits per heavy atom. The number of phenolic OH excluding ortho intramolecular Hbond substituents is 1. The first-order chi connectivity index (χ1) is 11.0. The molecule has 0 aliphatic carbocycles. The molecule has 2 aromatic carbocycles. The van der Waals surface area contributed by atoms with Gasteiger partial charge < -0.3 is 19.7 Å². The number of methoxy groups -OCH3 is 2. The van der Waals surface area contributed by atoms with E-state index < -0.39 is 5.97 Å². The Morgan fingerprint density at radius 2 is 1.70 bits per heavy atom. The minimum atomic E-state index is -0.983. The highest BCUT2D eigenvalue weighted by molar-refractivity contribution is 5.88. The highest BCUT2D eigenvalue weighted by atomic mass is 16.5. The summed E-state index contributed by atoms with van der Waals surface area (Å²) in [5, 5.41) is 22.7. The summed E-state index contributed by atoms with van der Waals surface area (Å²) in [4.78, 5) is 10.8. The van der Waals surface area contributed by atoms with Crippen LogP contribution in [0.5, 0.6) is 17.2 Å². The van der Waals surface area contributed by atoms with E-state index in [0.29, 0.717) is 11.3 Å². The summed E-state index contributed by atoms with van der Waals surface area (Å²) in [7, 11) is 2.88. The zero-order valence-corrected chi connectivity index (χ0v) is 12.6. The second kappa shape index (κ2) is 7.17. The van der Waals surface area contributed by atoms with Crippen molar-refractivity contribution in [1.82, 2.24) is 0 Å². The van der Waals surface area contributed by atoms with E-state index in [0.717, 1.165) is 0 Å². The van der Waals surface area contributed by atoms with Crippen LogP contribution < -0.4 is 14.9 Å². The van der Waals surface area contributed by atoms with Crippen molar-refractivity contribution in [2.45, 2.75) is 0 Å². The van der Waals surface area contributed by atoms with Crippen molar-refractivity contribution >= 4 is 17.9 Å². The maximum absolute atomic E-state index is 10.8. The molecule has 0 spiro atoms. The molecule has 0 saturated carbocycles. The lowest BCUT2D eigenvalue weighted by molar-refractivity contribution is 0.0697. The van der Waals surface area contributed by atoms with E-state index in [4.69, 9.17) is 14.6 Å². The van der Waals surface area contributed by atoms with E-state index in [1.807, 2.05) is 0 Å². The normalized spacial score (nSPS) is 10.5. The van der Waals surface area contributed by atoms with Crippen molar-refractivity contribution in [3.05, 3.63) is 47.5 Å². The highest BCUT2D eigenvalue weighted by Gasteiger charge is 2.10. The molecule has 0 amide bonds. The van der Waals surface area contributed by atoms with Crippen LogP contribution in [0.25, 0.3) is 0 Å². The number of hydrazone groups is 1. The van der Waals surface area contributed by atoms with E-state index in [-0.39, 0.29) is 22.8 Å². The minimum Gasteiger partial charge on any atom is -0.502 e. The Morgan fingerprint density at radius 1 is 1.13 bits per heavy atom.